The van der Waals surface area contributed by atoms with Gasteiger partial charge >= 0.3 is 0 Å². The third kappa shape index (κ3) is 3.12. The second kappa shape index (κ2) is 6.03. The fourth-order valence-corrected chi connectivity index (χ4v) is 2.61. The van der Waals surface area contributed by atoms with Gasteiger partial charge in [0, 0.05) is 25.6 Å². The van der Waals surface area contributed by atoms with Crippen LogP contribution in [0.1, 0.15) is 45.4 Å². The minimum absolute atomic E-state index is 0.599. The topological polar surface area (TPSA) is 55.0 Å². The molecule has 0 aliphatic carbocycles. The number of nitrogens with zero attached hydrogens (tertiary/aromatic N) is 3. The molecule has 0 radical (unpaired) electrons. The quantitative estimate of drug-likeness (QED) is 0.890. The molecular weight excluding hydrogens is 224 g/mol. The minimum atomic E-state index is 0.599. The van der Waals surface area contributed by atoms with Crippen LogP contribution in [0.25, 0.3) is 0 Å². The summed E-state index contributed by atoms with van der Waals surface area (Å²) in [5.74, 6) is 3.29. The number of nitrogen functional groups attached to an aromatic ring is 1. The maximum Gasteiger partial charge on any atom is 0.134 e. The van der Waals surface area contributed by atoms with Crippen molar-refractivity contribution in [3.05, 3.63) is 11.9 Å². The highest BCUT2D eigenvalue weighted by molar-refractivity contribution is 5.47. The van der Waals surface area contributed by atoms with Gasteiger partial charge < -0.3 is 10.6 Å². The maximum atomic E-state index is 5.89. The molecule has 1 unspecified atom stereocenters. The van der Waals surface area contributed by atoms with Gasteiger partial charge in [-0.2, -0.15) is 0 Å². The molecule has 0 aromatic carbocycles. The average Bonchev–Trinajstić information content (AvgIpc) is 2.38. The highest BCUT2D eigenvalue weighted by atomic mass is 15.2. The molecule has 100 valence electrons. The Bertz CT molecular complexity index is 391. The maximum absolute atomic E-state index is 5.89. The molecule has 2 N–H and O–H groups in total. The van der Waals surface area contributed by atoms with Crippen LogP contribution in [0, 0.1) is 5.92 Å². The number of rotatable bonds is 4. The third-order valence-corrected chi connectivity index (χ3v) is 3.67. The monoisotopic (exact) mass is 248 g/mol. The summed E-state index contributed by atoms with van der Waals surface area (Å²) in [6.07, 6.45) is 5.81. The van der Waals surface area contributed by atoms with E-state index < -0.39 is 0 Å². The Labute approximate surface area is 110 Å². The number of nitrogens with two attached hydrogens (primary N) is 1. The summed E-state index contributed by atoms with van der Waals surface area (Å²) < 4.78 is 0. The third-order valence-electron chi connectivity index (χ3n) is 3.67. The van der Waals surface area contributed by atoms with Crippen LogP contribution in [0.4, 0.5) is 11.6 Å². The Morgan fingerprint density at radius 1 is 1.39 bits per heavy atom. The second-order valence-electron chi connectivity index (χ2n) is 5.18. The van der Waals surface area contributed by atoms with Gasteiger partial charge in [-0.3, -0.25) is 0 Å². The van der Waals surface area contributed by atoms with Crippen molar-refractivity contribution in [2.75, 3.05) is 23.7 Å². The van der Waals surface area contributed by atoms with Crippen molar-refractivity contribution in [1.82, 2.24) is 9.97 Å². The van der Waals surface area contributed by atoms with Gasteiger partial charge in [-0.1, -0.05) is 20.3 Å². The summed E-state index contributed by atoms with van der Waals surface area (Å²) in [6.45, 7) is 6.61. The van der Waals surface area contributed by atoms with Gasteiger partial charge in [0.15, 0.2) is 0 Å². The van der Waals surface area contributed by atoms with Crippen LogP contribution in [0.5, 0.6) is 0 Å². The van der Waals surface area contributed by atoms with Crippen LogP contribution in [0.2, 0.25) is 0 Å². The van der Waals surface area contributed by atoms with Crippen LogP contribution >= 0.6 is 0 Å². The van der Waals surface area contributed by atoms with Crippen LogP contribution in [-0.2, 0) is 6.42 Å². The molecule has 0 bridgehead atoms. The van der Waals surface area contributed by atoms with Gasteiger partial charge in [0.1, 0.15) is 17.5 Å². The lowest BCUT2D eigenvalue weighted by Gasteiger charge is -2.33. The molecule has 0 saturated carbocycles. The molecule has 2 heterocycles. The molecular formula is C14H24N4. The summed E-state index contributed by atoms with van der Waals surface area (Å²) in [4.78, 5) is 11.3. The van der Waals surface area contributed by atoms with E-state index in [1.165, 1.54) is 19.3 Å². The summed E-state index contributed by atoms with van der Waals surface area (Å²) in [5, 5.41) is 0. The van der Waals surface area contributed by atoms with E-state index in [1.807, 2.05) is 6.07 Å². The zero-order chi connectivity index (χ0) is 13.0. The zero-order valence-corrected chi connectivity index (χ0v) is 11.5. The lowest BCUT2D eigenvalue weighted by molar-refractivity contribution is 0.402. The molecule has 1 aliphatic rings. The lowest BCUT2D eigenvalue weighted by atomic mass is 9.96. The van der Waals surface area contributed by atoms with Crippen molar-refractivity contribution in [1.29, 1.82) is 0 Å². The van der Waals surface area contributed by atoms with E-state index in [4.69, 9.17) is 5.73 Å². The molecule has 18 heavy (non-hydrogen) atoms. The second-order valence-corrected chi connectivity index (χ2v) is 5.18. The van der Waals surface area contributed by atoms with Crippen LogP contribution < -0.4 is 10.6 Å². The molecule has 1 saturated heterocycles. The van der Waals surface area contributed by atoms with Crippen molar-refractivity contribution in [2.24, 2.45) is 5.92 Å². The molecule has 1 aromatic heterocycles. The number of piperidine rings is 1. The van der Waals surface area contributed by atoms with Gasteiger partial charge in [-0.05, 0) is 25.2 Å². The Morgan fingerprint density at radius 3 is 2.94 bits per heavy atom. The van der Waals surface area contributed by atoms with Crippen LogP contribution in [-0.4, -0.2) is 23.1 Å². The first-order valence-corrected chi connectivity index (χ1v) is 7.11. The first-order valence-electron chi connectivity index (χ1n) is 7.11. The molecule has 1 aliphatic heterocycles. The van der Waals surface area contributed by atoms with Gasteiger partial charge in [0.2, 0.25) is 0 Å². The smallest absolute Gasteiger partial charge is 0.134 e. The molecule has 0 amide bonds. The summed E-state index contributed by atoms with van der Waals surface area (Å²) in [6, 6.07) is 1.91. The van der Waals surface area contributed by atoms with E-state index >= 15 is 0 Å². The number of aromatic nitrogens is 2. The Balaban J connectivity index is 2.16. The van der Waals surface area contributed by atoms with Crippen molar-refractivity contribution < 1.29 is 0 Å². The van der Waals surface area contributed by atoms with Crippen molar-refractivity contribution in [3.8, 4) is 0 Å². The summed E-state index contributed by atoms with van der Waals surface area (Å²) in [7, 11) is 0. The normalized spacial score (nSPS) is 20.1. The molecule has 1 fully saturated rings. The number of hydrogen-bond donors (Lipinski definition) is 1. The molecule has 1 aromatic rings. The number of hydrogen-bond acceptors (Lipinski definition) is 4. The molecule has 1 atom stereocenters. The van der Waals surface area contributed by atoms with E-state index in [2.05, 4.69) is 28.7 Å². The first kappa shape index (κ1) is 13.1. The largest absolute Gasteiger partial charge is 0.384 e. The standard InChI is InChI=1S/C14H24N4/c1-3-6-13-16-12(15)9-14(17-13)18-8-5-7-11(4-2)10-18/h9,11H,3-8,10H2,1-2H3,(H2,15,16,17). The fourth-order valence-electron chi connectivity index (χ4n) is 2.61. The lowest BCUT2D eigenvalue weighted by Crippen LogP contribution is -2.36. The van der Waals surface area contributed by atoms with Gasteiger partial charge in [-0.15, -0.1) is 0 Å². The van der Waals surface area contributed by atoms with Gasteiger partial charge in [0.25, 0.3) is 0 Å². The predicted octanol–water partition coefficient (Wildman–Crippen LogP) is 2.64. The van der Waals surface area contributed by atoms with E-state index in [9.17, 15) is 0 Å². The average molecular weight is 248 g/mol. The molecule has 4 heteroatoms. The first-order chi connectivity index (χ1) is 8.72. The van der Waals surface area contributed by atoms with E-state index in [0.29, 0.717) is 5.82 Å². The molecule has 2 rings (SSSR count). The fraction of sp³-hybridized carbons (Fsp3) is 0.714. The Kier molecular flexibility index (Phi) is 4.39. The highest BCUT2D eigenvalue weighted by Crippen LogP contribution is 2.24. The minimum Gasteiger partial charge on any atom is -0.384 e. The summed E-state index contributed by atoms with van der Waals surface area (Å²) in [5.41, 5.74) is 5.89. The predicted molar refractivity (Wildman–Crippen MR) is 75.7 cm³/mol. The van der Waals surface area contributed by atoms with Crippen LogP contribution in [0.15, 0.2) is 6.07 Å². The summed E-state index contributed by atoms with van der Waals surface area (Å²) >= 11 is 0. The Morgan fingerprint density at radius 2 is 2.22 bits per heavy atom. The molecule has 0 spiro atoms. The zero-order valence-electron chi connectivity index (χ0n) is 11.5. The SMILES string of the molecule is CCCc1nc(N)cc(N2CCCC(CC)C2)n1. The van der Waals surface area contributed by atoms with Crippen molar-refractivity contribution >= 4 is 11.6 Å². The number of anilines is 2. The van der Waals surface area contributed by atoms with E-state index in [-0.39, 0.29) is 0 Å². The van der Waals surface area contributed by atoms with Crippen molar-refractivity contribution in [3.63, 3.8) is 0 Å². The highest BCUT2D eigenvalue weighted by Gasteiger charge is 2.20. The Hall–Kier alpha value is -1.32. The molecule has 4 nitrogen and oxygen atoms in total. The van der Waals surface area contributed by atoms with E-state index in [1.54, 1.807) is 0 Å². The van der Waals surface area contributed by atoms with Gasteiger partial charge in [0.05, 0.1) is 0 Å². The number of aryl methyl sites for hydroxylation is 1. The van der Waals surface area contributed by atoms with E-state index in [0.717, 1.165) is 43.5 Å². The van der Waals surface area contributed by atoms with Crippen LogP contribution in [0.3, 0.4) is 0 Å². The van der Waals surface area contributed by atoms with Gasteiger partial charge in [-0.25, -0.2) is 9.97 Å². The van der Waals surface area contributed by atoms with Crippen molar-refractivity contribution in [2.45, 2.75) is 46.0 Å².